The van der Waals surface area contributed by atoms with E-state index < -0.39 is 0 Å². The van der Waals surface area contributed by atoms with Gasteiger partial charge in [-0.2, -0.15) is 0 Å². The monoisotopic (exact) mass is 389 g/mol. The lowest BCUT2D eigenvalue weighted by molar-refractivity contribution is 0.122. The van der Waals surface area contributed by atoms with Crippen molar-refractivity contribution in [2.45, 2.75) is 20.3 Å². The second-order valence-electron chi connectivity index (χ2n) is 6.30. The number of aryl methyl sites for hydroxylation is 2. The lowest BCUT2D eigenvalue weighted by Crippen LogP contribution is -2.40. The van der Waals surface area contributed by atoms with Crippen molar-refractivity contribution in [3.63, 3.8) is 0 Å². The number of hydrogen-bond acceptors (Lipinski definition) is 5. The number of halogens is 1. The summed E-state index contributed by atoms with van der Waals surface area (Å²) in [6.07, 6.45) is 0.820. The Kier molecular flexibility index (Phi) is 4.73. The molecule has 7 heteroatoms. The third-order valence-electron chi connectivity index (χ3n) is 4.74. The Morgan fingerprint density at radius 2 is 1.92 bits per heavy atom. The number of ether oxygens (including phenoxy) is 1. The molecule has 0 N–H and O–H groups in total. The fourth-order valence-corrected chi connectivity index (χ4v) is 4.66. The van der Waals surface area contributed by atoms with E-state index >= 15 is 0 Å². The summed E-state index contributed by atoms with van der Waals surface area (Å²) in [4.78, 5) is 22.5. The van der Waals surface area contributed by atoms with Gasteiger partial charge in [-0.3, -0.25) is 4.79 Å². The maximum atomic E-state index is 13.5. The normalized spacial score (nSPS) is 15.0. The van der Waals surface area contributed by atoms with Crippen molar-refractivity contribution < 1.29 is 4.74 Å². The first-order valence-electron chi connectivity index (χ1n) is 8.73. The van der Waals surface area contributed by atoms with Crippen LogP contribution in [0.2, 0.25) is 5.02 Å². The highest BCUT2D eigenvalue weighted by Gasteiger charge is 2.23. The van der Waals surface area contributed by atoms with Crippen LogP contribution in [0.3, 0.4) is 0 Å². The minimum atomic E-state index is -0.0139. The number of nitrogens with zero attached hydrogens (tertiary/aromatic N) is 3. The molecule has 136 valence electrons. The van der Waals surface area contributed by atoms with E-state index in [0.29, 0.717) is 24.2 Å². The van der Waals surface area contributed by atoms with E-state index in [1.807, 2.05) is 12.1 Å². The van der Waals surface area contributed by atoms with Crippen LogP contribution >= 0.6 is 22.9 Å². The number of morpholine rings is 1. The molecule has 3 aromatic rings. The molecule has 0 atom stereocenters. The van der Waals surface area contributed by atoms with Crippen molar-refractivity contribution in [2.75, 3.05) is 31.2 Å². The Morgan fingerprint density at radius 1 is 1.23 bits per heavy atom. The first-order valence-corrected chi connectivity index (χ1v) is 9.93. The van der Waals surface area contributed by atoms with Crippen molar-refractivity contribution in [3.05, 3.63) is 50.1 Å². The van der Waals surface area contributed by atoms with Crippen LogP contribution in [0.15, 0.2) is 29.1 Å². The smallest absolute Gasteiger partial charge is 0.268 e. The van der Waals surface area contributed by atoms with Crippen molar-refractivity contribution in [3.8, 4) is 5.69 Å². The Bertz CT molecular complexity index is 1000. The maximum Gasteiger partial charge on any atom is 0.268 e. The molecule has 0 aliphatic carbocycles. The van der Waals surface area contributed by atoms with E-state index in [-0.39, 0.29) is 5.56 Å². The highest BCUT2D eigenvalue weighted by molar-refractivity contribution is 7.18. The van der Waals surface area contributed by atoms with Gasteiger partial charge in [-0.1, -0.05) is 18.5 Å². The molecule has 1 aliphatic rings. The summed E-state index contributed by atoms with van der Waals surface area (Å²) in [5.41, 5.74) is 1.86. The van der Waals surface area contributed by atoms with Crippen LogP contribution < -0.4 is 10.5 Å². The molecule has 2 aromatic heterocycles. The second-order valence-corrected chi connectivity index (χ2v) is 7.94. The number of rotatable bonds is 3. The summed E-state index contributed by atoms with van der Waals surface area (Å²) < 4.78 is 7.19. The summed E-state index contributed by atoms with van der Waals surface area (Å²) in [5.74, 6) is 0.678. The van der Waals surface area contributed by atoms with Gasteiger partial charge in [0.05, 0.1) is 24.3 Å². The maximum absolute atomic E-state index is 13.5. The topological polar surface area (TPSA) is 47.4 Å². The van der Waals surface area contributed by atoms with Crippen LogP contribution in [0.4, 0.5) is 5.95 Å². The molecule has 0 amide bonds. The Morgan fingerprint density at radius 3 is 2.58 bits per heavy atom. The van der Waals surface area contributed by atoms with Gasteiger partial charge in [-0.05, 0) is 43.2 Å². The zero-order chi connectivity index (χ0) is 18.3. The predicted octanol–water partition coefficient (Wildman–Crippen LogP) is 3.81. The van der Waals surface area contributed by atoms with E-state index in [0.717, 1.165) is 45.9 Å². The molecule has 26 heavy (non-hydrogen) atoms. The number of fused-ring (bicyclic) bond motifs is 1. The summed E-state index contributed by atoms with van der Waals surface area (Å²) in [5, 5.41) is 1.38. The van der Waals surface area contributed by atoms with Gasteiger partial charge in [0, 0.05) is 23.0 Å². The number of hydrogen-bond donors (Lipinski definition) is 0. The van der Waals surface area contributed by atoms with E-state index in [2.05, 4.69) is 18.7 Å². The summed E-state index contributed by atoms with van der Waals surface area (Å²) in [7, 11) is 0. The average molecular weight is 390 g/mol. The van der Waals surface area contributed by atoms with Gasteiger partial charge in [0.25, 0.3) is 5.56 Å². The zero-order valence-electron chi connectivity index (χ0n) is 14.8. The number of thiophene rings is 1. The molecule has 5 nitrogen and oxygen atoms in total. The van der Waals surface area contributed by atoms with E-state index in [1.165, 1.54) is 0 Å². The van der Waals surface area contributed by atoms with Crippen molar-refractivity contribution >= 4 is 39.1 Å². The average Bonchev–Trinajstić information content (AvgIpc) is 2.99. The second kappa shape index (κ2) is 7.02. The highest BCUT2D eigenvalue weighted by atomic mass is 35.5. The molecule has 1 aromatic carbocycles. The zero-order valence-corrected chi connectivity index (χ0v) is 16.4. The van der Waals surface area contributed by atoms with E-state index in [4.69, 9.17) is 21.3 Å². The largest absolute Gasteiger partial charge is 0.378 e. The van der Waals surface area contributed by atoms with Crippen molar-refractivity contribution in [1.29, 1.82) is 0 Å². The minimum Gasteiger partial charge on any atom is -0.378 e. The first kappa shape index (κ1) is 17.5. The lowest BCUT2D eigenvalue weighted by Gasteiger charge is -2.29. The SMILES string of the molecule is CCc1c(C)sc2nc(N3CCOCC3)n(-c3ccc(Cl)cc3)c(=O)c12. The van der Waals surface area contributed by atoms with Gasteiger partial charge in [0.15, 0.2) is 0 Å². The Balaban J connectivity index is 2.02. The summed E-state index contributed by atoms with van der Waals surface area (Å²) in [6.45, 7) is 6.85. The molecule has 0 radical (unpaired) electrons. The van der Waals surface area contributed by atoms with Crippen LogP contribution in [-0.2, 0) is 11.2 Å². The van der Waals surface area contributed by atoms with Crippen LogP contribution in [0, 0.1) is 6.92 Å². The molecule has 1 saturated heterocycles. The van der Waals surface area contributed by atoms with Crippen molar-refractivity contribution in [2.24, 2.45) is 0 Å². The number of anilines is 1. The van der Waals surface area contributed by atoms with Gasteiger partial charge in [-0.25, -0.2) is 9.55 Å². The third-order valence-corrected chi connectivity index (χ3v) is 6.03. The molecule has 1 fully saturated rings. The van der Waals surface area contributed by atoms with Gasteiger partial charge in [-0.15, -0.1) is 11.3 Å². The molecule has 0 spiro atoms. The summed E-state index contributed by atoms with van der Waals surface area (Å²) >= 11 is 7.64. The van der Waals surface area contributed by atoms with Gasteiger partial charge in [0.1, 0.15) is 4.83 Å². The summed E-state index contributed by atoms with van der Waals surface area (Å²) in [6, 6.07) is 7.34. The molecule has 1 aliphatic heterocycles. The minimum absolute atomic E-state index is 0.0139. The quantitative estimate of drug-likeness (QED) is 0.683. The van der Waals surface area contributed by atoms with Crippen molar-refractivity contribution in [1.82, 2.24) is 9.55 Å². The van der Waals surface area contributed by atoms with Gasteiger partial charge >= 0.3 is 0 Å². The molecule has 0 saturated carbocycles. The van der Waals surface area contributed by atoms with Crippen LogP contribution in [0.5, 0.6) is 0 Å². The van der Waals surface area contributed by atoms with Crippen LogP contribution in [-0.4, -0.2) is 35.9 Å². The Labute approximate surface area is 160 Å². The van der Waals surface area contributed by atoms with E-state index in [9.17, 15) is 4.79 Å². The van der Waals surface area contributed by atoms with Crippen LogP contribution in [0.1, 0.15) is 17.4 Å². The van der Waals surface area contributed by atoms with Gasteiger partial charge < -0.3 is 9.64 Å². The Hall–Kier alpha value is -1.89. The molecule has 0 unspecified atom stereocenters. The molecule has 3 heterocycles. The lowest BCUT2D eigenvalue weighted by atomic mass is 10.1. The van der Waals surface area contributed by atoms with Gasteiger partial charge in [0.2, 0.25) is 5.95 Å². The fraction of sp³-hybridized carbons (Fsp3) is 0.368. The standard InChI is InChI=1S/C19H20ClN3O2S/c1-3-15-12(2)26-17-16(15)18(24)23(14-6-4-13(20)5-7-14)19(21-17)22-8-10-25-11-9-22/h4-7H,3,8-11H2,1-2H3. The third kappa shape index (κ3) is 2.92. The number of aromatic nitrogens is 2. The molecule has 0 bridgehead atoms. The predicted molar refractivity (Wildman–Crippen MR) is 107 cm³/mol. The molecular formula is C19H20ClN3O2S. The number of benzene rings is 1. The van der Waals surface area contributed by atoms with Crippen LogP contribution in [0.25, 0.3) is 15.9 Å². The van der Waals surface area contributed by atoms with E-state index in [1.54, 1.807) is 28.0 Å². The fourth-order valence-electron chi connectivity index (χ4n) is 3.43. The molecule has 4 rings (SSSR count). The highest BCUT2D eigenvalue weighted by Crippen LogP contribution is 2.30. The first-order chi connectivity index (χ1) is 12.6. The molecular weight excluding hydrogens is 370 g/mol.